The molecule has 30 heavy (non-hydrogen) atoms. The minimum Gasteiger partial charge on any atom is -0.466 e. The van der Waals surface area contributed by atoms with E-state index in [2.05, 4.69) is 45.0 Å². The number of carbonyl (C=O) groups is 1. The molecule has 0 unspecified atom stereocenters. The molecule has 1 aromatic heterocycles. The second-order valence-corrected chi connectivity index (χ2v) is 7.99. The van der Waals surface area contributed by atoms with E-state index in [-0.39, 0.29) is 24.6 Å². The summed E-state index contributed by atoms with van der Waals surface area (Å²) in [5.74, 6) is -0.388. The highest BCUT2D eigenvalue weighted by molar-refractivity contribution is 5.87. The van der Waals surface area contributed by atoms with Gasteiger partial charge in [0.05, 0.1) is 19.8 Å². The summed E-state index contributed by atoms with van der Waals surface area (Å²) in [4.78, 5) is 17.4. The number of H-pyrrole nitrogens is 1. The minimum atomic E-state index is -0.375. The maximum Gasteiger partial charge on any atom is 0.330 e. The zero-order valence-electron chi connectivity index (χ0n) is 17.4. The average molecular weight is 407 g/mol. The van der Waals surface area contributed by atoms with Crippen LogP contribution < -0.4 is 0 Å². The van der Waals surface area contributed by atoms with Crippen LogP contribution in [0.1, 0.15) is 35.3 Å². The van der Waals surface area contributed by atoms with Crippen molar-refractivity contribution in [3.05, 3.63) is 77.0 Å². The quantitative estimate of drug-likeness (QED) is 0.467. The molecule has 1 aliphatic rings. The van der Waals surface area contributed by atoms with Gasteiger partial charge >= 0.3 is 5.97 Å². The first-order valence-corrected chi connectivity index (χ1v) is 10.4. The molecule has 1 aliphatic heterocycles. The summed E-state index contributed by atoms with van der Waals surface area (Å²) in [6.45, 7) is 3.24. The summed E-state index contributed by atoms with van der Waals surface area (Å²) < 4.78 is 17.9. The van der Waals surface area contributed by atoms with Crippen LogP contribution in [0.4, 0.5) is 4.39 Å². The molecule has 5 heteroatoms. The number of hydrogen-bond donors (Lipinski definition) is 1. The lowest BCUT2D eigenvalue weighted by molar-refractivity contribution is -0.134. The number of halogens is 1. The smallest absolute Gasteiger partial charge is 0.330 e. The summed E-state index contributed by atoms with van der Waals surface area (Å²) in [5, 5.41) is 1.27. The van der Waals surface area contributed by atoms with Crippen LogP contribution in [0.15, 0.2) is 54.6 Å². The van der Waals surface area contributed by atoms with Crippen molar-refractivity contribution in [3.8, 4) is 0 Å². The Labute approximate surface area is 176 Å². The van der Waals surface area contributed by atoms with Gasteiger partial charge in [0.25, 0.3) is 0 Å². The van der Waals surface area contributed by atoms with Crippen LogP contribution in [0.25, 0.3) is 17.0 Å². The Hall–Kier alpha value is -2.92. The summed E-state index contributed by atoms with van der Waals surface area (Å²) in [5.41, 5.74) is 5.79. The fraction of sp³-hybridized carbons (Fsp3) is 0.320. The van der Waals surface area contributed by atoms with Gasteiger partial charge in [0, 0.05) is 35.8 Å². The summed E-state index contributed by atoms with van der Waals surface area (Å²) in [7, 11) is 1.36. The second-order valence-electron chi connectivity index (χ2n) is 7.99. The number of aromatic amines is 1. The van der Waals surface area contributed by atoms with Gasteiger partial charge < -0.3 is 9.72 Å². The maximum absolute atomic E-state index is 13.3. The molecule has 2 heterocycles. The summed E-state index contributed by atoms with van der Waals surface area (Å²) in [6.07, 6.45) is 4.11. The lowest BCUT2D eigenvalue weighted by atomic mass is 9.91. The molecule has 0 spiro atoms. The molecule has 0 bridgehead atoms. The average Bonchev–Trinajstić information content (AvgIpc) is 3.16. The number of aromatic nitrogens is 1. The van der Waals surface area contributed by atoms with Gasteiger partial charge in [-0.15, -0.1) is 0 Å². The molecule has 3 aromatic rings. The Kier molecular flexibility index (Phi) is 6.00. The molecular formula is C25H27FN2O2. The van der Waals surface area contributed by atoms with Crippen LogP contribution >= 0.6 is 0 Å². The lowest BCUT2D eigenvalue weighted by Crippen LogP contribution is -2.39. The normalized spacial score (nSPS) is 17.9. The molecule has 2 aromatic carbocycles. The molecule has 4 nitrogen and oxygen atoms in total. The van der Waals surface area contributed by atoms with Gasteiger partial charge in [0.15, 0.2) is 0 Å². The van der Waals surface area contributed by atoms with Crippen molar-refractivity contribution in [3.63, 3.8) is 0 Å². The zero-order valence-corrected chi connectivity index (χ0v) is 17.4. The molecule has 0 fully saturated rings. The highest BCUT2D eigenvalue weighted by Crippen LogP contribution is 2.38. The van der Waals surface area contributed by atoms with Gasteiger partial charge in [-0.3, -0.25) is 9.29 Å². The van der Waals surface area contributed by atoms with Crippen molar-refractivity contribution in [1.82, 2.24) is 9.88 Å². The standard InChI is InChI=1S/C25H27FN2O2/c1-17(15-26)16-28-14-13-21-20-5-3-4-6-22(20)27-24(21)25(28)19-10-7-18(8-11-19)9-12-23(29)30-2/h3-12,17,25,27H,13-16H2,1-2H3/b12-9+/t17-,25-/m1/s1. The number of benzene rings is 2. The predicted octanol–water partition coefficient (Wildman–Crippen LogP) is 4.91. The van der Waals surface area contributed by atoms with E-state index < -0.39 is 0 Å². The number of methoxy groups -OCH3 is 1. The molecule has 2 atom stereocenters. The van der Waals surface area contributed by atoms with Gasteiger partial charge in [-0.05, 0) is 41.2 Å². The van der Waals surface area contributed by atoms with Crippen LogP contribution in [0.5, 0.6) is 0 Å². The molecule has 156 valence electrons. The first-order chi connectivity index (χ1) is 14.6. The first kappa shape index (κ1) is 20.4. The van der Waals surface area contributed by atoms with Crippen molar-refractivity contribution in [2.24, 2.45) is 5.92 Å². The highest BCUT2D eigenvalue weighted by Gasteiger charge is 2.32. The molecule has 0 radical (unpaired) electrons. The third-order valence-electron chi connectivity index (χ3n) is 5.81. The Bertz CT molecular complexity index is 1050. The Morgan fingerprint density at radius 3 is 2.77 bits per heavy atom. The highest BCUT2D eigenvalue weighted by atomic mass is 19.1. The number of nitrogens with zero attached hydrogens (tertiary/aromatic N) is 1. The van der Waals surface area contributed by atoms with Gasteiger partial charge in [-0.2, -0.15) is 0 Å². The van der Waals surface area contributed by atoms with E-state index in [1.54, 1.807) is 6.08 Å². The van der Waals surface area contributed by atoms with Crippen molar-refractivity contribution in [2.45, 2.75) is 19.4 Å². The van der Waals surface area contributed by atoms with Crippen LogP contribution in [-0.2, 0) is 16.0 Å². The van der Waals surface area contributed by atoms with E-state index in [0.717, 1.165) is 29.6 Å². The van der Waals surface area contributed by atoms with E-state index >= 15 is 0 Å². The predicted molar refractivity (Wildman–Crippen MR) is 118 cm³/mol. The SMILES string of the molecule is COC(=O)/C=C/c1ccc([C@@H]2c3[nH]c4ccccc4c3CCN2C[C@H](C)CF)cc1. The number of ether oxygens (including phenoxy) is 1. The van der Waals surface area contributed by atoms with E-state index in [4.69, 9.17) is 0 Å². The van der Waals surface area contributed by atoms with Gasteiger partial charge in [-0.1, -0.05) is 49.4 Å². The van der Waals surface area contributed by atoms with Crippen molar-refractivity contribution < 1.29 is 13.9 Å². The third-order valence-corrected chi connectivity index (χ3v) is 5.81. The largest absolute Gasteiger partial charge is 0.466 e. The number of nitrogens with one attached hydrogen (secondary N) is 1. The monoisotopic (exact) mass is 406 g/mol. The van der Waals surface area contributed by atoms with Crippen LogP contribution in [-0.4, -0.2) is 42.7 Å². The Balaban J connectivity index is 1.72. The van der Waals surface area contributed by atoms with Gasteiger partial charge in [-0.25, -0.2) is 4.79 Å². The van der Waals surface area contributed by atoms with E-state index in [1.165, 1.54) is 29.8 Å². The van der Waals surface area contributed by atoms with E-state index in [1.807, 2.05) is 25.1 Å². The summed E-state index contributed by atoms with van der Waals surface area (Å²) in [6, 6.07) is 16.6. The lowest BCUT2D eigenvalue weighted by Gasteiger charge is -2.37. The second kappa shape index (κ2) is 8.84. The first-order valence-electron chi connectivity index (χ1n) is 10.4. The number of carbonyl (C=O) groups excluding carboxylic acids is 1. The fourth-order valence-electron chi connectivity index (χ4n) is 4.34. The number of fused-ring (bicyclic) bond motifs is 3. The molecule has 4 rings (SSSR count). The number of rotatable bonds is 6. The van der Waals surface area contributed by atoms with E-state index in [9.17, 15) is 9.18 Å². The maximum atomic E-state index is 13.3. The molecule has 0 aliphatic carbocycles. The van der Waals surface area contributed by atoms with Gasteiger partial charge in [0.2, 0.25) is 0 Å². The number of hydrogen-bond acceptors (Lipinski definition) is 3. The Morgan fingerprint density at radius 1 is 1.27 bits per heavy atom. The number of esters is 1. The topological polar surface area (TPSA) is 45.3 Å². The van der Waals surface area contributed by atoms with Crippen LogP contribution in [0.3, 0.4) is 0 Å². The Morgan fingerprint density at radius 2 is 2.03 bits per heavy atom. The third kappa shape index (κ3) is 4.03. The molecular weight excluding hydrogens is 379 g/mol. The van der Waals surface area contributed by atoms with Crippen molar-refractivity contribution >= 4 is 22.9 Å². The zero-order chi connectivity index (χ0) is 21.1. The summed E-state index contributed by atoms with van der Waals surface area (Å²) >= 11 is 0. The molecule has 0 amide bonds. The van der Waals surface area contributed by atoms with Gasteiger partial charge in [0.1, 0.15) is 0 Å². The van der Waals surface area contributed by atoms with Crippen LogP contribution in [0, 0.1) is 5.92 Å². The van der Waals surface area contributed by atoms with E-state index in [0.29, 0.717) is 6.54 Å². The van der Waals surface area contributed by atoms with Crippen molar-refractivity contribution in [1.29, 1.82) is 0 Å². The fourth-order valence-corrected chi connectivity index (χ4v) is 4.34. The molecule has 0 saturated heterocycles. The molecule has 1 N–H and O–H groups in total. The number of para-hydroxylation sites is 1. The molecule has 0 saturated carbocycles. The van der Waals surface area contributed by atoms with Crippen LogP contribution in [0.2, 0.25) is 0 Å². The minimum absolute atomic E-state index is 0.0132. The number of alkyl halides is 1. The van der Waals surface area contributed by atoms with Crippen molar-refractivity contribution in [2.75, 3.05) is 26.9 Å².